The van der Waals surface area contributed by atoms with Crippen molar-refractivity contribution in [3.63, 3.8) is 0 Å². The Morgan fingerprint density at radius 1 is 0.706 bits per heavy atom. The van der Waals surface area contributed by atoms with Crippen LogP contribution in [0.25, 0.3) is 0 Å². The molecule has 0 amide bonds. The van der Waals surface area contributed by atoms with Gasteiger partial charge in [-0.3, -0.25) is 25.0 Å². The number of nitrogens with one attached hydrogen (secondary N) is 2. The van der Waals surface area contributed by atoms with E-state index in [2.05, 4.69) is 42.5 Å². The van der Waals surface area contributed by atoms with Crippen molar-refractivity contribution in [1.29, 1.82) is 0 Å². The van der Waals surface area contributed by atoms with Gasteiger partial charge in [-0.25, -0.2) is 0 Å². The molecule has 3 fully saturated rings. The molecule has 0 radical (unpaired) electrons. The third-order valence-electron chi connectivity index (χ3n) is 7.51. The average Bonchev–Trinajstić information content (AvgIpc) is 3.50. The van der Waals surface area contributed by atoms with Crippen LogP contribution >= 0.6 is 31.9 Å². The quantitative estimate of drug-likeness (QED) is 0.527. The maximum Gasteiger partial charge on any atom is 0.323 e. The molecule has 0 unspecified atom stereocenters. The molecule has 5 rings (SSSR count). The fraction of sp³-hybridized carbons (Fsp3) is 0.400. The molecule has 2 aromatic carbocycles. The van der Waals surface area contributed by atoms with Crippen molar-refractivity contribution in [2.45, 2.75) is 24.2 Å². The molecule has 2 saturated heterocycles. The normalized spacial score (nSPS) is 33.9. The lowest BCUT2D eigenvalue weighted by atomic mass is 9.79. The lowest BCUT2D eigenvalue weighted by Gasteiger charge is -2.25. The van der Waals surface area contributed by atoms with Gasteiger partial charge in [-0.15, -0.1) is 0 Å². The molecule has 3 aliphatic rings. The molecule has 1 saturated carbocycles. The van der Waals surface area contributed by atoms with Gasteiger partial charge in [0.25, 0.3) is 0 Å². The van der Waals surface area contributed by atoms with E-state index in [-0.39, 0.29) is 17.9 Å². The van der Waals surface area contributed by atoms with Crippen molar-refractivity contribution in [1.82, 2.24) is 10.6 Å². The van der Waals surface area contributed by atoms with Gasteiger partial charge in [0.1, 0.15) is 17.9 Å². The molecule has 2 aromatic rings. The fourth-order valence-corrected chi connectivity index (χ4v) is 6.71. The Morgan fingerprint density at radius 3 is 1.38 bits per heavy atom. The molecule has 2 N–H and O–H groups in total. The Hall–Kier alpha value is -2.07. The molecule has 34 heavy (non-hydrogen) atoms. The van der Waals surface area contributed by atoms with Gasteiger partial charge < -0.3 is 9.47 Å². The molecule has 178 valence electrons. The van der Waals surface area contributed by atoms with Crippen molar-refractivity contribution < 1.29 is 23.9 Å². The standard InChI is InChI=1S/C25H24Br2N2O5/c1-33-24(31)21-15-16-18(23(30)17(15)19(28-21)11-3-7-13(26)8-4-11)20(29-22(16)25(32)34-2)12-5-9-14(27)10-6-12/h3-10,15-22,28-29H,1-2H3/t15-,16-,17+,18+,19+,20+,21+,22+/m1/s1. The number of ketones is 1. The highest BCUT2D eigenvalue weighted by Gasteiger charge is 2.68. The molecule has 0 spiro atoms. The second-order valence-corrected chi connectivity index (χ2v) is 10.8. The number of carbonyl (C=O) groups excluding carboxylic acids is 3. The van der Waals surface area contributed by atoms with E-state index >= 15 is 0 Å². The number of halogens is 2. The average molecular weight is 592 g/mol. The van der Waals surface area contributed by atoms with Gasteiger partial charge in [0.2, 0.25) is 0 Å². The summed E-state index contributed by atoms with van der Waals surface area (Å²) in [7, 11) is 2.69. The minimum Gasteiger partial charge on any atom is -0.468 e. The van der Waals surface area contributed by atoms with Crippen LogP contribution < -0.4 is 10.6 Å². The predicted molar refractivity (Wildman–Crippen MR) is 131 cm³/mol. The summed E-state index contributed by atoms with van der Waals surface area (Å²) < 4.78 is 12.1. The third kappa shape index (κ3) is 3.73. The van der Waals surface area contributed by atoms with Gasteiger partial charge in [-0.05, 0) is 35.4 Å². The first-order valence-electron chi connectivity index (χ1n) is 11.1. The fourth-order valence-electron chi connectivity index (χ4n) is 6.18. The molecule has 0 bridgehead atoms. The van der Waals surface area contributed by atoms with Crippen LogP contribution in [0.4, 0.5) is 0 Å². The first-order chi connectivity index (χ1) is 16.3. The number of benzene rings is 2. The highest BCUT2D eigenvalue weighted by atomic mass is 79.9. The zero-order valence-corrected chi connectivity index (χ0v) is 21.7. The number of rotatable bonds is 4. The molecule has 2 aliphatic heterocycles. The highest BCUT2D eigenvalue weighted by Crippen LogP contribution is 2.58. The first kappa shape index (κ1) is 23.7. The van der Waals surface area contributed by atoms with Crippen molar-refractivity contribution in [3.05, 3.63) is 68.6 Å². The van der Waals surface area contributed by atoms with E-state index in [0.29, 0.717) is 0 Å². The van der Waals surface area contributed by atoms with Gasteiger partial charge in [-0.1, -0.05) is 56.1 Å². The van der Waals surface area contributed by atoms with E-state index < -0.39 is 47.7 Å². The molecule has 7 nitrogen and oxygen atoms in total. The Kier molecular flexibility index (Phi) is 6.39. The number of methoxy groups -OCH3 is 2. The lowest BCUT2D eigenvalue weighted by molar-refractivity contribution is -0.147. The number of ether oxygens (including phenoxy) is 2. The Morgan fingerprint density at radius 2 is 1.06 bits per heavy atom. The van der Waals surface area contributed by atoms with Crippen LogP contribution in [0.2, 0.25) is 0 Å². The Balaban J connectivity index is 1.61. The van der Waals surface area contributed by atoms with Crippen LogP contribution in [-0.2, 0) is 23.9 Å². The van der Waals surface area contributed by atoms with Crippen LogP contribution in [0.5, 0.6) is 0 Å². The number of esters is 2. The van der Waals surface area contributed by atoms with Crippen molar-refractivity contribution in [2.75, 3.05) is 14.2 Å². The number of fused-ring (bicyclic) bond motifs is 3. The Bertz CT molecular complexity index is 1040. The number of Topliss-reactive ketones (excluding diaryl/α,β-unsaturated/α-hetero) is 1. The van der Waals surface area contributed by atoms with E-state index in [0.717, 1.165) is 20.1 Å². The summed E-state index contributed by atoms with van der Waals surface area (Å²) in [6, 6.07) is 13.3. The van der Waals surface area contributed by atoms with Crippen LogP contribution in [0.15, 0.2) is 57.5 Å². The minimum absolute atomic E-state index is 0.0497. The maximum absolute atomic E-state index is 14.1. The van der Waals surface area contributed by atoms with Gasteiger partial charge in [0.15, 0.2) is 0 Å². The topological polar surface area (TPSA) is 93.7 Å². The van der Waals surface area contributed by atoms with E-state index in [4.69, 9.17) is 9.47 Å². The number of hydrogen-bond donors (Lipinski definition) is 2. The molecule has 0 aromatic heterocycles. The second-order valence-electron chi connectivity index (χ2n) is 9.00. The Labute approximate surface area is 214 Å². The van der Waals surface area contributed by atoms with Crippen LogP contribution in [-0.4, -0.2) is 44.0 Å². The summed E-state index contributed by atoms with van der Waals surface area (Å²) in [5.74, 6) is -2.56. The molecule has 8 atom stereocenters. The van der Waals surface area contributed by atoms with Crippen molar-refractivity contribution in [3.8, 4) is 0 Å². The van der Waals surface area contributed by atoms with E-state index in [1.165, 1.54) is 14.2 Å². The smallest absolute Gasteiger partial charge is 0.323 e. The molecular formula is C25H24Br2N2O5. The minimum atomic E-state index is -0.708. The second kappa shape index (κ2) is 9.18. The number of hydrogen-bond acceptors (Lipinski definition) is 7. The van der Waals surface area contributed by atoms with Gasteiger partial charge in [-0.2, -0.15) is 0 Å². The summed E-state index contributed by atoms with van der Waals surface area (Å²) in [6.45, 7) is 0. The summed E-state index contributed by atoms with van der Waals surface area (Å²) in [4.78, 5) is 39.8. The zero-order valence-electron chi connectivity index (χ0n) is 18.5. The predicted octanol–water partition coefficient (Wildman–Crippen LogP) is 3.33. The van der Waals surface area contributed by atoms with Crippen LogP contribution in [0, 0.1) is 23.7 Å². The SMILES string of the molecule is COC(=O)[C@H]1N[C@@H](c2ccc(Br)cc2)[C@H]2C(=O)[C@H]3[C@@H]([C@H]21)[C@@H](C(=O)OC)N[C@H]3c1ccc(Br)cc1. The summed E-state index contributed by atoms with van der Waals surface area (Å²) >= 11 is 6.91. The lowest BCUT2D eigenvalue weighted by Crippen LogP contribution is -2.46. The summed E-state index contributed by atoms with van der Waals surface area (Å²) in [5.41, 5.74) is 1.83. The van der Waals surface area contributed by atoms with Crippen LogP contribution in [0.3, 0.4) is 0 Å². The summed E-state index contributed by atoms with van der Waals surface area (Å²) in [6.07, 6.45) is 0. The van der Waals surface area contributed by atoms with Crippen molar-refractivity contribution in [2.24, 2.45) is 23.7 Å². The van der Waals surface area contributed by atoms with Crippen molar-refractivity contribution >= 4 is 49.6 Å². The number of carbonyl (C=O) groups is 3. The van der Waals surface area contributed by atoms with Gasteiger partial charge >= 0.3 is 11.9 Å². The molecule has 2 heterocycles. The van der Waals surface area contributed by atoms with Gasteiger partial charge in [0, 0.05) is 44.7 Å². The third-order valence-corrected chi connectivity index (χ3v) is 8.56. The molecule has 1 aliphatic carbocycles. The maximum atomic E-state index is 14.1. The molecular weight excluding hydrogens is 568 g/mol. The van der Waals surface area contributed by atoms with Gasteiger partial charge in [0.05, 0.1) is 14.2 Å². The summed E-state index contributed by atoms with van der Waals surface area (Å²) in [5, 5.41) is 6.73. The van der Waals surface area contributed by atoms with E-state index in [1.54, 1.807) is 0 Å². The zero-order chi connectivity index (χ0) is 24.1. The largest absolute Gasteiger partial charge is 0.468 e. The highest BCUT2D eigenvalue weighted by molar-refractivity contribution is 9.10. The molecule has 9 heteroatoms. The van der Waals surface area contributed by atoms with E-state index in [1.807, 2.05) is 48.5 Å². The first-order valence-corrected chi connectivity index (χ1v) is 12.7. The van der Waals surface area contributed by atoms with E-state index in [9.17, 15) is 14.4 Å². The monoisotopic (exact) mass is 590 g/mol. The van der Waals surface area contributed by atoms with Crippen LogP contribution in [0.1, 0.15) is 23.2 Å².